The van der Waals surface area contributed by atoms with Gasteiger partial charge in [0.25, 0.3) is 0 Å². The van der Waals surface area contributed by atoms with Crippen LogP contribution in [0.4, 0.5) is 5.69 Å². The Morgan fingerprint density at radius 1 is 1.56 bits per heavy atom. The van der Waals surface area contributed by atoms with E-state index in [-0.39, 0.29) is 6.04 Å². The van der Waals surface area contributed by atoms with Gasteiger partial charge >= 0.3 is 0 Å². The summed E-state index contributed by atoms with van der Waals surface area (Å²) < 4.78 is 0. The second-order valence-electron chi connectivity index (χ2n) is 3.18. The van der Waals surface area contributed by atoms with Crippen LogP contribution in [0.5, 0.6) is 0 Å². The summed E-state index contributed by atoms with van der Waals surface area (Å²) in [5.74, 6) is 0.565. The molecule has 2 aromatic rings. The first-order valence-electron chi connectivity index (χ1n) is 4.65. The Kier molecular flexibility index (Phi) is 2.73. The average Bonchev–Trinajstić information content (AvgIpc) is 2.83. The lowest BCUT2D eigenvalue weighted by Crippen LogP contribution is -2.08. The molecular weight excluding hydrogens is 206 g/mol. The summed E-state index contributed by atoms with van der Waals surface area (Å²) in [6, 6.07) is 5.32. The molecule has 0 saturated carbocycles. The van der Waals surface area contributed by atoms with Crippen LogP contribution in [0.3, 0.4) is 0 Å². The van der Waals surface area contributed by atoms with Crippen molar-refractivity contribution < 1.29 is 0 Å². The normalized spacial score (nSPS) is 11.8. The molecule has 80 valence electrons. The van der Waals surface area contributed by atoms with Crippen LogP contribution in [0.15, 0.2) is 18.3 Å². The Balaban J connectivity index is 2.12. The van der Waals surface area contributed by atoms with Crippen molar-refractivity contribution >= 4 is 5.69 Å². The van der Waals surface area contributed by atoms with Gasteiger partial charge in [-0.2, -0.15) is 10.5 Å². The second-order valence-corrected chi connectivity index (χ2v) is 3.18. The van der Waals surface area contributed by atoms with Gasteiger partial charge in [-0.25, -0.2) is 4.98 Å². The lowest BCUT2D eigenvalue weighted by molar-refractivity contribution is 0.793. The third-order valence-electron chi connectivity index (χ3n) is 2.01. The first-order valence-corrected chi connectivity index (χ1v) is 4.65. The zero-order chi connectivity index (χ0) is 11.4. The molecule has 0 aliphatic carbocycles. The highest BCUT2D eigenvalue weighted by molar-refractivity contribution is 5.46. The average molecular weight is 215 g/mol. The number of nitriles is 1. The maximum atomic E-state index is 8.70. The summed E-state index contributed by atoms with van der Waals surface area (Å²) in [6.45, 7) is 1.90. The molecule has 2 heterocycles. The van der Waals surface area contributed by atoms with Crippen LogP contribution in [0.25, 0.3) is 0 Å². The van der Waals surface area contributed by atoms with Crippen LogP contribution in [-0.2, 0) is 0 Å². The van der Waals surface area contributed by atoms with Crippen molar-refractivity contribution in [3.05, 3.63) is 29.8 Å². The zero-order valence-corrected chi connectivity index (χ0v) is 8.55. The smallest absolute Gasteiger partial charge is 0.196 e. The van der Waals surface area contributed by atoms with Gasteiger partial charge in [-0.3, -0.25) is 0 Å². The van der Waals surface area contributed by atoms with E-state index in [4.69, 9.17) is 5.26 Å². The van der Waals surface area contributed by atoms with Crippen LogP contribution in [0.2, 0.25) is 0 Å². The zero-order valence-electron chi connectivity index (χ0n) is 8.55. The standard InChI is InChI=1S/C9H9N7/c1-6(9-13-15-16-14-9)12-7-2-3-11-8(4-7)5-10/h2-4,6H,1H3,(H,11,12)(H,13,14,15,16). The molecule has 2 rings (SSSR count). The first-order chi connectivity index (χ1) is 7.79. The molecule has 0 radical (unpaired) electrons. The van der Waals surface area contributed by atoms with Crippen molar-refractivity contribution in [2.24, 2.45) is 0 Å². The molecule has 0 aliphatic rings. The van der Waals surface area contributed by atoms with Crippen LogP contribution in [-0.4, -0.2) is 25.6 Å². The number of aromatic amines is 1. The third kappa shape index (κ3) is 2.12. The molecule has 0 spiro atoms. The van der Waals surface area contributed by atoms with Crippen LogP contribution in [0, 0.1) is 11.3 Å². The summed E-state index contributed by atoms with van der Waals surface area (Å²) in [4.78, 5) is 3.88. The fraction of sp³-hybridized carbons (Fsp3) is 0.222. The SMILES string of the molecule is CC(Nc1ccnc(C#N)c1)c1nn[nH]n1. The number of nitrogens with zero attached hydrogens (tertiary/aromatic N) is 5. The highest BCUT2D eigenvalue weighted by Crippen LogP contribution is 2.15. The molecule has 0 fully saturated rings. The predicted octanol–water partition coefficient (Wildman–Crippen LogP) is 0.639. The van der Waals surface area contributed by atoms with Crippen LogP contribution >= 0.6 is 0 Å². The maximum absolute atomic E-state index is 8.70. The molecule has 7 heteroatoms. The molecular formula is C9H9N7. The molecule has 0 amide bonds. The Bertz CT molecular complexity index is 499. The number of nitrogens with one attached hydrogen (secondary N) is 2. The van der Waals surface area contributed by atoms with Gasteiger partial charge in [0, 0.05) is 11.9 Å². The Labute approximate surface area is 91.5 Å². The predicted molar refractivity (Wildman–Crippen MR) is 55.2 cm³/mol. The van der Waals surface area contributed by atoms with Gasteiger partial charge in [-0.05, 0) is 19.1 Å². The number of rotatable bonds is 3. The van der Waals surface area contributed by atoms with Crippen molar-refractivity contribution in [3.63, 3.8) is 0 Å². The minimum absolute atomic E-state index is 0.0901. The fourth-order valence-electron chi connectivity index (χ4n) is 1.25. The monoisotopic (exact) mass is 215 g/mol. The van der Waals surface area contributed by atoms with Gasteiger partial charge < -0.3 is 5.32 Å². The summed E-state index contributed by atoms with van der Waals surface area (Å²) in [5, 5.41) is 25.4. The number of aromatic nitrogens is 5. The van der Waals surface area contributed by atoms with Gasteiger partial charge in [0.1, 0.15) is 11.8 Å². The largest absolute Gasteiger partial charge is 0.375 e. The highest BCUT2D eigenvalue weighted by Gasteiger charge is 2.09. The van der Waals surface area contributed by atoms with Crippen molar-refractivity contribution in [3.8, 4) is 6.07 Å². The maximum Gasteiger partial charge on any atom is 0.196 e. The topological polar surface area (TPSA) is 103 Å². The van der Waals surface area contributed by atoms with Crippen molar-refractivity contribution in [1.29, 1.82) is 5.26 Å². The first kappa shape index (κ1) is 10.0. The number of pyridine rings is 1. The summed E-state index contributed by atoms with van der Waals surface area (Å²) in [5.41, 5.74) is 1.16. The molecule has 1 unspecified atom stereocenters. The van der Waals surface area contributed by atoms with E-state index in [0.29, 0.717) is 11.5 Å². The number of tetrazole rings is 1. The minimum Gasteiger partial charge on any atom is -0.375 e. The Hall–Kier alpha value is -2.49. The molecule has 2 aromatic heterocycles. The van der Waals surface area contributed by atoms with Crippen molar-refractivity contribution in [1.82, 2.24) is 25.6 Å². The van der Waals surface area contributed by atoms with Crippen LogP contribution in [0.1, 0.15) is 24.5 Å². The minimum atomic E-state index is -0.0901. The molecule has 0 aromatic carbocycles. The Morgan fingerprint density at radius 3 is 3.12 bits per heavy atom. The number of anilines is 1. The third-order valence-corrected chi connectivity index (χ3v) is 2.01. The fourth-order valence-corrected chi connectivity index (χ4v) is 1.25. The molecule has 0 saturated heterocycles. The molecule has 2 N–H and O–H groups in total. The van der Waals surface area contributed by atoms with E-state index >= 15 is 0 Å². The van der Waals surface area contributed by atoms with Crippen molar-refractivity contribution in [2.45, 2.75) is 13.0 Å². The Morgan fingerprint density at radius 2 is 2.44 bits per heavy atom. The lowest BCUT2D eigenvalue weighted by atomic mass is 10.2. The molecule has 7 nitrogen and oxygen atoms in total. The summed E-state index contributed by atoms with van der Waals surface area (Å²) in [6.07, 6.45) is 1.57. The lowest BCUT2D eigenvalue weighted by Gasteiger charge is -2.10. The van der Waals surface area contributed by atoms with Gasteiger partial charge in [-0.1, -0.05) is 5.21 Å². The second kappa shape index (κ2) is 4.35. The summed E-state index contributed by atoms with van der Waals surface area (Å²) in [7, 11) is 0. The van der Waals surface area contributed by atoms with Crippen molar-refractivity contribution in [2.75, 3.05) is 5.32 Å². The highest BCUT2D eigenvalue weighted by atomic mass is 15.5. The van der Waals surface area contributed by atoms with Gasteiger partial charge in [0.05, 0.1) is 6.04 Å². The molecule has 0 bridgehead atoms. The number of hydrogen-bond acceptors (Lipinski definition) is 6. The molecule has 0 aliphatic heterocycles. The number of H-pyrrole nitrogens is 1. The van der Waals surface area contributed by atoms with E-state index in [1.165, 1.54) is 0 Å². The van der Waals surface area contributed by atoms with Gasteiger partial charge in [-0.15, -0.1) is 10.2 Å². The van der Waals surface area contributed by atoms with E-state index < -0.39 is 0 Å². The quantitative estimate of drug-likeness (QED) is 0.778. The number of hydrogen-bond donors (Lipinski definition) is 2. The van der Waals surface area contributed by atoms with E-state index in [0.717, 1.165) is 5.69 Å². The molecule has 16 heavy (non-hydrogen) atoms. The van der Waals surface area contributed by atoms with Gasteiger partial charge in [0.15, 0.2) is 5.82 Å². The molecule has 1 atom stereocenters. The van der Waals surface area contributed by atoms with E-state index in [1.807, 2.05) is 13.0 Å². The van der Waals surface area contributed by atoms with E-state index in [9.17, 15) is 0 Å². The van der Waals surface area contributed by atoms with E-state index in [2.05, 4.69) is 30.9 Å². The van der Waals surface area contributed by atoms with E-state index in [1.54, 1.807) is 18.3 Å². The van der Waals surface area contributed by atoms with Gasteiger partial charge in [0.2, 0.25) is 0 Å². The summed E-state index contributed by atoms with van der Waals surface area (Å²) >= 11 is 0. The van der Waals surface area contributed by atoms with Crippen LogP contribution < -0.4 is 5.32 Å².